The van der Waals surface area contributed by atoms with Crippen LogP contribution < -0.4 is 15.2 Å². The molecule has 116 valence electrons. The average Bonchev–Trinajstić information content (AvgIpc) is 2.83. The van der Waals surface area contributed by atoms with E-state index in [9.17, 15) is 9.59 Å². The van der Waals surface area contributed by atoms with E-state index in [1.807, 2.05) is 0 Å². The highest BCUT2D eigenvalue weighted by atomic mass is 35.5. The molecule has 23 heavy (non-hydrogen) atoms. The highest BCUT2D eigenvalue weighted by molar-refractivity contribution is 6.30. The lowest BCUT2D eigenvalue weighted by atomic mass is 10.1. The lowest BCUT2D eigenvalue weighted by Gasteiger charge is -2.04. The molecule has 3 rings (SSSR count). The fraction of sp³-hybridized carbons (Fsp3) is 0.0588. The minimum atomic E-state index is -0.578. The smallest absolute Gasteiger partial charge is 0.255 e. The van der Waals surface area contributed by atoms with E-state index in [1.54, 1.807) is 48.5 Å². The number of carbonyl (C=O) groups excluding carboxylic acids is 2. The maximum atomic E-state index is 12.3. The van der Waals surface area contributed by atoms with Gasteiger partial charge in [-0.05, 0) is 35.9 Å². The zero-order valence-corrected chi connectivity index (χ0v) is 12.7. The van der Waals surface area contributed by atoms with Gasteiger partial charge in [0.2, 0.25) is 5.78 Å². The van der Waals surface area contributed by atoms with E-state index in [-0.39, 0.29) is 18.1 Å². The lowest BCUT2D eigenvalue weighted by Crippen LogP contribution is -2.19. The van der Waals surface area contributed by atoms with Crippen molar-refractivity contribution in [2.45, 2.75) is 0 Å². The Labute approximate surface area is 137 Å². The van der Waals surface area contributed by atoms with Gasteiger partial charge in [0.05, 0.1) is 5.56 Å². The Morgan fingerprint density at radius 2 is 1.96 bits per heavy atom. The van der Waals surface area contributed by atoms with Crippen molar-refractivity contribution in [3.63, 3.8) is 0 Å². The Balaban J connectivity index is 1.83. The number of amides is 1. The summed E-state index contributed by atoms with van der Waals surface area (Å²) in [6, 6.07) is 11.8. The predicted octanol–water partition coefficient (Wildman–Crippen LogP) is 2.82. The molecule has 1 aliphatic rings. The van der Waals surface area contributed by atoms with Crippen LogP contribution in [-0.2, 0) is 4.79 Å². The Kier molecular flexibility index (Phi) is 4.04. The molecular formula is C17H12ClNO4. The van der Waals surface area contributed by atoms with Crippen LogP contribution in [0.5, 0.6) is 11.5 Å². The van der Waals surface area contributed by atoms with Crippen molar-refractivity contribution in [1.82, 2.24) is 0 Å². The summed E-state index contributed by atoms with van der Waals surface area (Å²) in [4.78, 5) is 23.0. The summed E-state index contributed by atoms with van der Waals surface area (Å²) in [5.41, 5.74) is 6.27. The van der Waals surface area contributed by atoms with Crippen LogP contribution in [0.2, 0.25) is 5.02 Å². The number of fused-ring (bicyclic) bond motifs is 1. The fourth-order valence-electron chi connectivity index (χ4n) is 2.12. The molecule has 0 atom stereocenters. The molecule has 2 N–H and O–H groups in total. The first-order valence-electron chi connectivity index (χ1n) is 6.78. The normalized spacial score (nSPS) is 14.5. The Hall–Kier alpha value is -2.79. The fourth-order valence-corrected chi connectivity index (χ4v) is 2.25. The Morgan fingerprint density at radius 1 is 1.22 bits per heavy atom. The zero-order valence-electron chi connectivity index (χ0n) is 11.9. The van der Waals surface area contributed by atoms with Crippen LogP contribution in [0.1, 0.15) is 15.9 Å². The van der Waals surface area contributed by atoms with Gasteiger partial charge in [0, 0.05) is 11.1 Å². The maximum absolute atomic E-state index is 12.3. The molecule has 0 saturated carbocycles. The van der Waals surface area contributed by atoms with Crippen LogP contribution in [0, 0.1) is 0 Å². The molecule has 6 heteroatoms. The SMILES string of the molecule is NC(=O)COc1ccc2c(c1)OC(=Cc1ccc(Cl)cc1)C2=O. The van der Waals surface area contributed by atoms with Crippen molar-refractivity contribution in [1.29, 1.82) is 0 Å². The largest absolute Gasteiger partial charge is 0.484 e. The summed E-state index contributed by atoms with van der Waals surface area (Å²) < 4.78 is 10.8. The van der Waals surface area contributed by atoms with Crippen molar-refractivity contribution >= 4 is 29.4 Å². The number of hydrogen-bond acceptors (Lipinski definition) is 4. The van der Waals surface area contributed by atoms with Crippen molar-refractivity contribution in [3.05, 3.63) is 64.4 Å². The third-order valence-electron chi connectivity index (χ3n) is 3.19. The number of ether oxygens (including phenoxy) is 2. The van der Waals surface area contributed by atoms with Gasteiger partial charge in [-0.1, -0.05) is 23.7 Å². The first-order chi connectivity index (χ1) is 11.0. The molecule has 1 aliphatic heterocycles. The van der Waals surface area contributed by atoms with Gasteiger partial charge in [0.15, 0.2) is 12.4 Å². The third kappa shape index (κ3) is 3.35. The molecular weight excluding hydrogens is 318 g/mol. The highest BCUT2D eigenvalue weighted by Crippen LogP contribution is 2.34. The van der Waals surface area contributed by atoms with E-state index < -0.39 is 5.91 Å². The number of carbonyl (C=O) groups is 2. The predicted molar refractivity (Wildman–Crippen MR) is 85.5 cm³/mol. The molecule has 0 aromatic heterocycles. The Bertz CT molecular complexity index is 812. The number of ketones is 1. The Morgan fingerprint density at radius 3 is 2.65 bits per heavy atom. The second kappa shape index (κ2) is 6.14. The van der Waals surface area contributed by atoms with Crippen LogP contribution in [0.4, 0.5) is 0 Å². The second-order valence-electron chi connectivity index (χ2n) is 4.90. The van der Waals surface area contributed by atoms with E-state index in [4.69, 9.17) is 26.8 Å². The van der Waals surface area contributed by atoms with Crippen LogP contribution in [-0.4, -0.2) is 18.3 Å². The third-order valence-corrected chi connectivity index (χ3v) is 3.44. The van der Waals surface area contributed by atoms with Gasteiger partial charge in [-0.3, -0.25) is 9.59 Å². The number of primary amides is 1. The summed E-state index contributed by atoms with van der Waals surface area (Å²) >= 11 is 5.83. The van der Waals surface area contributed by atoms with Crippen LogP contribution in [0.3, 0.4) is 0 Å². The molecule has 0 fully saturated rings. The van der Waals surface area contributed by atoms with E-state index in [0.29, 0.717) is 22.1 Å². The molecule has 1 heterocycles. The summed E-state index contributed by atoms with van der Waals surface area (Å²) in [7, 11) is 0. The number of halogens is 1. The van der Waals surface area contributed by atoms with Crippen molar-refractivity contribution in [2.24, 2.45) is 5.73 Å². The van der Waals surface area contributed by atoms with Crippen LogP contribution >= 0.6 is 11.6 Å². The molecule has 0 radical (unpaired) electrons. The number of benzene rings is 2. The summed E-state index contributed by atoms with van der Waals surface area (Å²) in [6.45, 7) is -0.236. The number of rotatable bonds is 4. The molecule has 0 unspecified atom stereocenters. The highest BCUT2D eigenvalue weighted by Gasteiger charge is 2.27. The van der Waals surface area contributed by atoms with Crippen LogP contribution in [0.15, 0.2) is 48.2 Å². The molecule has 2 aromatic carbocycles. The molecule has 2 aromatic rings. The molecule has 1 amide bonds. The summed E-state index contributed by atoms with van der Waals surface area (Å²) in [6.07, 6.45) is 1.64. The molecule has 0 bridgehead atoms. The second-order valence-corrected chi connectivity index (χ2v) is 5.34. The molecule has 0 saturated heterocycles. The van der Waals surface area contributed by atoms with Crippen molar-refractivity contribution in [3.8, 4) is 11.5 Å². The first-order valence-corrected chi connectivity index (χ1v) is 7.16. The quantitative estimate of drug-likeness (QED) is 0.875. The van der Waals surface area contributed by atoms with E-state index in [2.05, 4.69) is 0 Å². The summed E-state index contributed by atoms with van der Waals surface area (Å²) in [5.74, 6) is 0.219. The standard InChI is InChI=1S/C17H12ClNO4/c18-11-3-1-10(2-4-11)7-15-17(21)13-6-5-12(8-14(13)23-15)22-9-16(19)20/h1-8H,9H2,(H2,19,20). The van der Waals surface area contributed by atoms with Gasteiger partial charge in [-0.25, -0.2) is 0 Å². The van der Waals surface area contributed by atoms with Gasteiger partial charge in [-0.15, -0.1) is 0 Å². The van der Waals surface area contributed by atoms with Gasteiger partial charge in [0.25, 0.3) is 5.91 Å². The zero-order chi connectivity index (χ0) is 16.4. The van der Waals surface area contributed by atoms with E-state index >= 15 is 0 Å². The molecule has 0 spiro atoms. The van der Waals surface area contributed by atoms with Gasteiger partial charge in [-0.2, -0.15) is 0 Å². The monoisotopic (exact) mass is 329 g/mol. The number of allylic oxidation sites excluding steroid dienone is 1. The van der Waals surface area contributed by atoms with Gasteiger partial charge in [0.1, 0.15) is 11.5 Å². The van der Waals surface area contributed by atoms with E-state index in [0.717, 1.165) is 5.56 Å². The molecule has 5 nitrogen and oxygen atoms in total. The van der Waals surface area contributed by atoms with Crippen molar-refractivity contribution < 1.29 is 19.1 Å². The number of hydrogen-bond donors (Lipinski definition) is 1. The van der Waals surface area contributed by atoms with Gasteiger partial charge >= 0.3 is 0 Å². The lowest BCUT2D eigenvalue weighted by molar-refractivity contribution is -0.119. The van der Waals surface area contributed by atoms with Crippen molar-refractivity contribution in [2.75, 3.05) is 6.61 Å². The number of Topliss-reactive ketones (excluding diaryl/α,β-unsaturated/α-hetero) is 1. The van der Waals surface area contributed by atoms with Crippen LogP contribution in [0.25, 0.3) is 6.08 Å². The minimum Gasteiger partial charge on any atom is -0.484 e. The topological polar surface area (TPSA) is 78.6 Å². The van der Waals surface area contributed by atoms with E-state index in [1.165, 1.54) is 0 Å². The number of nitrogens with two attached hydrogens (primary N) is 1. The van der Waals surface area contributed by atoms with Gasteiger partial charge < -0.3 is 15.2 Å². The summed E-state index contributed by atoms with van der Waals surface area (Å²) in [5, 5.41) is 0.616. The minimum absolute atomic E-state index is 0.212. The first kappa shape index (κ1) is 15.1. The maximum Gasteiger partial charge on any atom is 0.255 e. The molecule has 0 aliphatic carbocycles. The average molecular weight is 330 g/mol.